The highest BCUT2D eigenvalue weighted by molar-refractivity contribution is 5.97. The Hall–Kier alpha value is -2.43. The van der Waals surface area contributed by atoms with E-state index in [9.17, 15) is 4.79 Å². The molecule has 1 aromatic carbocycles. The second-order valence-corrected chi connectivity index (χ2v) is 6.03. The van der Waals surface area contributed by atoms with E-state index in [1.54, 1.807) is 11.0 Å². The fourth-order valence-electron chi connectivity index (χ4n) is 3.54. The molecule has 1 aliphatic heterocycles. The molecule has 0 radical (unpaired) electrons. The number of hydrogen-bond donors (Lipinski definition) is 0. The maximum atomic E-state index is 13.0. The summed E-state index contributed by atoms with van der Waals surface area (Å²) >= 11 is 0. The van der Waals surface area contributed by atoms with Gasteiger partial charge < -0.3 is 4.90 Å². The van der Waals surface area contributed by atoms with Crippen molar-refractivity contribution in [2.24, 2.45) is 11.8 Å². The summed E-state index contributed by atoms with van der Waals surface area (Å²) in [7, 11) is 0. The Kier molecular flexibility index (Phi) is 3.25. The summed E-state index contributed by atoms with van der Waals surface area (Å²) in [4.78, 5) is 18.9. The smallest absolute Gasteiger partial charge is 0.256 e. The van der Waals surface area contributed by atoms with Crippen molar-refractivity contribution in [3.63, 3.8) is 0 Å². The van der Waals surface area contributed by atoms with Crippen LogP contribution in [0.2, 0.25) is 0 Å². The van der Waals surface area contributed by atoms with Crippen molar-refractivity contribution in [1.29, 1.82) is 0 Å². The molecule has 5 nitrogen and oxygen atoms in total. The summed E-state index contributed by atoms with van der Waals surface area (Å²) in [5.74, 6) is 1.33. The molecule has 112 valence electrons. The molecule has 0 spiro atoms. The summed E-state index contributed by atoms with van der Waals surface area (Å²) < 4.78 is 1.65. The van der Waals surface area contributed by atoms with Gasteiger partial charge in [-0.1, -0.05) is 24.3 Å². The number of rotatable bonds is 2. The van der Waals surface area contributed by atoms with Crippen molar-refractivity contribution < 1.29 is 4.79 Å². The van der Waals surface area contributed by atoms with Gasteiger partial charge in [-0.15, -0.1) is 0 Å². The lowest BCUT2D eigenvalue weighted by atomic mass is 9.86. The number of nitrogens with zero attached hydrogens (tertiary/aromatic N) is 4. The molecule has 2 heterocycles. The molecule has 2 aromatic rings. The highest BCUT2D eigenvalue weighted by atomic mass is 16.2. The molecule has 1 amide bonds. The van der Waals surface area contributed by atoms with Gasteiger partial charge in [0.25, 0.3) is 5.91 Å². The van der Waals surface area contributed by atoms with Crippen LogP contribution in [0, 0.1) is 11.8 Å². The second kappa shape index (κ2) is 5.40. The molecule has 0 saturated carbocycles. The van der Waals surface area contributed by atoms with Gasteiger partial charge in [-0.25, -0.2) is 9.67 Å². The molecule has 2 aliphatic rings. The van der Waals surface area contributed by atoms with Gasteiger partial charge in [-0.05, 0) is 36.8 Å². The lowest BCUT2D eigenvalue weighted by molar-refractivity contribution is 0.0784. The van der Waals surface area contributed by atoms with Crippen LogP contribution in [-0.4, -0.2) is 38.7 Å². The normalized spacial score (nSPS) is 23.5. The number of allylic oxidation sites excluding steroid dienone is 2. The zero-order valence-corrected chi connectivity index (χ0v) is 12.3. The third kappa shape index (κ3) is 2.22. The Morgan fingerprint density at radius 2 is 1.82 bits per heavy atom. The van der Waals surface area contributed by atoms with E-state index < -0.39 is 0 Å². The van der Waals surface area contributed by atoms with Gasteiger partial charge in [0.05, 0.1) is 11.3 Å². The predicted octanol–water partition coefficient (Wildman–Crippen LogP) is 2.31. The van der Waals surface area contributed by atoms with Gasteiger partial charge >= 0.3 is 0 Å². The highest BCUT2D eigenvalue weighted by Gasteiger charge is 2.35. The van der Waals surface area contributed by atoms with Gasteiger partial charge in [0, 0.05) is 13.1 Å². The number of para-hydroxylation sites is 1. The van der Waals surface area contributed by atoms with Gasteiger partial charge in [0.1, 0.15) is 12.7 Å². The van der Waals surface area contributed by atoms with Crippen molar-refractivity contribution >= 4 is 5.91 Å². The Balaban J connectivity index is 1.62. The molecule has 0 unspecified atom stereocenters. The molecule has 1 aromatic heterocycles. The predicted molar refractivity (Wildman–Crippen MR) is 82.6 cm³/mol. The molecule has 0 bridgehead atoms. The zero-order valence-electron chi connectivity index (χ0n) is 12.3. The van der Waals surface area contributed by atoms with Gasteiger partial charge in [0.15, 0.2) is 0 Å². The summed E-state index contributed by atoms with van der Waals surface area (Å²) in [5, 5.41) is 4.15. The van der Waals surface area contributed by atoms with Gasteiger partial charge in [-0.3, -0.25) is 4.79 Å². The average Bonchev–Trinajstić information content (AvgIpc) is 3.23. The lowest BCUT2D eigenvalue weighted by Gasteiger charge is -2.18. The first kappa shape index (κ1) is 13.2. The van der Waals surface area contributed by atoms with E-state index >= 15 is 0 Å². The lowest BCUT2D eigenvalue weighted by Crippen LogP contribution is -2.30. The van der Waals surface area contributed by atoms with Crippen molar-refractivity contribution in [1.82, 2.24) is 19.7 Å². The van der Waals surface area contributed by atoms with E-state index in [-0.39, 0.29) is 5.91 Å². The first-order valence-electron chi connectivity index (χ1n) is 7.71. The molecular weight excluding hydrogens is 276 g/mol. The van der Waals surface area contributed by atoms with Crippen LogP contribution in [0.15, 0.2) is 49.1 Å². The number of aromatic nitrogens is 3. The van der Waals surface area contributed by atoms with Crippen molar-refractivity contribution in [3.05, 3.63) is 54.6 Å². The minimum atomic E-state index is 0.0977. The largest absolute Gasteiger partial charge is 0.338 e. The fourth-order valence-corrected chi connectivity index (χ4v) is 3.54. The molecule has 1 saturated heterocycles. The van der Waals surface area contributed by atoms with E-state index in [0.717, 1.165) is 31.6 Å². The van der Waals surface area contributed by atoms with Crippen LogP contribution in [0.5, 0.6) is 0 Å². The van der Waals surface area contributed by atoms with Crippen LogP contribution >= 0.6 is 0 Å². The standard InChI is InChI=1S/C17H18N4O/c22-17(20-9-13-5-1-2-6-14(13)10-20)15-7-3-4-8-16(15)21-12-18-11-19-21/h1-4,7-8,11-14H,5-6,9-10H2/t13-,14+. The summed E-state index contributed by atoms with van der Waals surface area (Å²) in [6, 6.07) is 7.60. The molecule has 0 N–H and O–H groups in total. The molecule has 2 atom stereocenters. The third-order valence-corrected chi connectivity index (χ3v) is 4.71. The Bertz CT molecular complexity index is 691. The zero-order chi connectivity index (χ0) is 14.9. The van der Waals surface area contributed by atoms with E-state index in [0.29, 0.717) is 17.4 Å². The number of carbonyl (C=O) groups excluding carboxylic acids is 1. The number of benzene rings is 1. The van der Waals surface area contributed by atoms with Crippen LogP contribution in [0.3, 0.4) is 0 Å². The molecule has 1 aliphatic carbocycles. The van der Waals surface area contributed by atoms with Crippen LogP contribution in [-0.2, 0) is 0 Å². The Labute approximate surface area is 129 Å². The van der Waals surface area contributed by atoms with Gasteiger partial charge in [-0.2, -0.15) is 5.10 Å². The van der Waals surface area contributed by atoms with Gasteiger partial charge in [0.2, 0.25) is 0 Å². The van der Waals surface area contributed by atoms with Crippen LogP contribution in [0.25, 0.3) is 5.69 Å². The molecular formula is C17H18N4O. The topological polar surface area (TPSA) is 51.0 Å². The number of carbonyl (C=O) groups is 1. The number of fused-ring (bicyclic) bond motifs is 1. The number of hydrogen-bond acceptors (Lipinski definition) is 3. The van der Waals surface area contributed by atoms with E-state index in [2.05, 4.69) is 22.2 Å². The number of amides is 1. The molecule has 1 fully saturated rings. The molecule has 5 heteroatoms. The minimum absolute atomic E-state index is 0.0977. The number of likely N-dealkylation sites (tertiary alicyclic amines) is 1. The van der Waals surface area contributed by atoms with Crippen molar-refractivity contribution in [2.75, 3.05) is 13.1 Å². The second-order valence-electron chi connectivity index (χ2n) is 6.03. The average molecular weight is 294 g/mol. The van der Waals surface area contributed by atoms with Crippen LogP contribution in [0.4, 0.5) is 0 Å². The quantitative estimate of drug-likeness (QED) is 0.799. The third-order valence-electron chi connectivity index (χ3n) is 4.71. The fraction of sp³-hybridized carbons (Fsp3) is 0.353. The first-order chi connectivity index (χ1) is 10.8. The monoisotopic (exact) mass is 294 g/mol. The first-order valence-corrected chi connectivity index (χ1v) is 7.71. The van der Waals surface area contributed by atoms with Crippen molar-refractivity contribution in [2.45, 2.75) is 12.8 Å². The molecule has 22 heavy (non-hydrogen) atoms. The minimum Gasteiger partial charge on any atom is -0.338 e. The van der Waals surface area contributed by atoms with Crippen LogP contribution in [0.1, 0.15) is 23.2 Å². The summed E-state index contributed by atoms with van der Waals surface area (Å²) in [5.41, 5.74) is 1.48. The Morgan fingerprint density at radius 1 is 1.09 bits per heavy atom. The molecule has 4 rings (SSSR count). The maximum Gasteiger partial charge on any atom is 0.256 e. The van der Waals surface area contributed by atoms with Crippen molar-refractivity contribution in [3.8, 4) is 5.69 Å². The Morgan fingerprint density at radius 3 is 2.50 bits per heavy atom. The highest BCUT2D eigenvalue weighted by Crippen LogP contribution is 2.33. The maximum absolute atomic E-state index is 13.0. The van der Waals surface area contributed by atoms with E-state index in [1.807, 2.05) is 29.2 Å². The SMILES string of the molecule is O=C(c1ccccc1-n1cncn1)N1C[C@H]2CC=CC[C@H]2C1. The summed E-state index contributed by atoms with van der Waals surface area (Å²) in [6.45, 7) is 1.72. The van der Waals surface area contributed by atoms with Crippen LogP contribution < -0.4 is 0 Å². The van der Waals surface area contributed by atoms with E-state index in [1.165, 1.54) is 6.33 Å². The summed E-state index contributed by atoms with van der Waals surface area (Å²) in [6.07, 6.45) is 9.80. The van der Waals surface area contributed by atoms with E-state index in [4.69, 9.17) is 0 Å².